The normalized spacial score (nSPS) is 14.7. The number of aryl methyl sites for hydroxylation is 1. The Bertz CT molecular complexity index is 779. The Balaban J connectivity index is 1.68. The minimum Gasteiger partial charge on any atom is -0.368 e. The maximum Gasteiger partial charge on any atom is 0.251 e. The number of hydrogen-bond acceptors (Lipinski definition) is 4. The van der Waals surface area contributed by atoms with Crippen molar-refractivity contribution < 1.29 is 4.79 Å². The second kappa shape index (κ2) is 7.77. The molecule has 1 aromatic carbocycles. The number of rotatable bonds is 4. The fourth-order valence-corrected chi connectivity index (χ4v) is 3.33. The number of nitrogens with zero attached hydrogens (tertiary/aromatic N) is 3. The highest BCUT2D eigenvalue weighted by molar-refractivity contribution is 5.95. The molecule has 2 heterocycles. The molecule has 0 aliphatic carbocycles. The van der Waals surface area contributed by atoms with Gasteiger partial charge in [-0.2, -0.15) is 0 Å². The number of nitrogens with one attached hydrogen (secondary N) is 1. The molecule has 1 aromatic heterocycles. The molecule has 0 saturated carbocycles. The number of hydrogen-bond donors (Lipinski definition) is 1. The second-order valence-corrected chi connectivity index (χ2v) is 7.22. The zero-order valence-corrected chi connectivity index (χ0v) is 16.1. The number of piperazine rings is 1. The largest absolute Gasteiger partial charge is 0.368 e. The third-order valence-electron chi connectivity index (χ3n) is 4.95. The first kappa shape index (κ1) is 18.2. The van der Waals surface area contributed by atoms with E-state index in [-0.39, 0.29) is 11.9 Å². The van der Waals surface area contributed by atoms with Crippen molar-refractivity contribution in [2.45, 2.75) is 33.7 Å². The fraction of sp³-hybridized carbons (Fsp3) is 0.429. The van der Waals surface area contributed by atoms with Crippen molar-refractivity contribution in [3.63, 3.8) is 0 Å². The summed E-state index contributed by atoms with van der Waals surface area (Å²) in [6, 6.07) is 10.3. The Morgan fingerprint density at radius 3 is 2.46 bits per heavy atom. The van der Waals surface area contributed by atoms with E-state index < -0.39 is 0 Å². The van der Waals surface area contributed by atoms with Crippen LogP contribution in [-0.4, -0.2) is 43.1 Å². The van der Waals surface area contributed by atoms with E-state index in [0.29, 0.717) is 5.56 Å². The van der Waals surface area contributed by atoms with Gasteiger partial charge in [0.25, 0.3) is 5.91 Å². The van der Waals surface area contributed by atoms with Crippen molar-refractivity contribution in [1.29, 1.82) is 0 Å². The predicted molar refractivity (Wildman–Crippen MR) is 107 cm³/mol. The van der Waals surface area contributed by atoms with E-state index in [0.717, 1.165) is 32.0 Å². The number of amides is 1. The van der Waals surface area contributed by atoms with E-state index in [1.807, 2.05) is 19.9 Å². The van der Waals surface area contributed by atoms with Gasteiger partial charge in [0.05, 0.1) is 0 Å². The van der Waals surface area contributed by atoms with Gasteiger partial charge >= 0.3 is 0 Å². The third kappa shape index (κ3) is 3.98. The predicted octanol–water partition coefficient (Wildman–Crippen LogP) is 3.16. The van der Waals surface area contributed by atoms with Crippen LogP contribution in [0.4, 0.5) is 11.5 Å². The van der Waals surface area contributed by atoms with Crippen LogP contribution in [-0.2, 0) is 0 Å². The fourth-order valence-electron chi connectivity index (χ4n) is 3.33. The quantitative estimate of drug-likeness (QED) is 0.918. The lowest BCUT2D eigenvalue weighted by molar-refractivity contribution is 0.0943. The van der Waals surface area contributed by atoms with Crippen molar-refractivity contribution in [2.75, 3.05) is 36.0 Å². The Morgan fingerprint density at radius 2 is 1.77 bits per heavy atom. The average Bonchev–Trinajstić information content (AvgIpc) is 2.64. The molecule has 0 unspecified atom stereocenters. The van der Waals surface area contributed by atoms with Crippen LogP contribution in [0.15, 0.2) is 36.5 Å². The van der Waals surface area contributed by atoms with Crippen LogP contribution in [0, 0.1) is 13.8 Å². The van der Waals surface area contributed by atoms with Crippen molar-refractivity contribution in [1.82, 2.24) is 10.3 Å². The average molecular weight is 352 g/mol. The number of pyridine rings is 1. The summed E-state index contributed by atoms with van der Waals surface area (Å²) in [7, 11) is 0. The van der Waals surface area contributed by atoms with Gasteiger partial charge in [0, 0.05) is 49.7 Å². The van der Waals surface area contributed by atoms with Gasteiger partial charge in [-0.3, -0.25) is 4.79 Å². The molecule has 2 aromatic rings. The summed E-state index contributed by atoms with van der Waals surface area (Å²) in [5.74, 6) is 0.833. The molecule has 0 radical (unpaired) electrons. The van der Waals surface area contributed by atoms with Crippen molar-refractivity contribution >= 4 is 17.4 Å². The lowest BCUT2D eigenvalue weighted by Crippen LogP contribution is -2.47. The lowest BCUT2D eigenvalue weighted by Gasteiger charge is -2.37. The van der Waals surface area contributed by atoms with E-state index >= 15 is 0 Å². The third-order valence-corrected chi connectivity index (χ3v) is 4.95. The number of anilines is 2. The molecule has 5 heteroatoms. The summed E-state index contributed by atoms with van der Waals surface area (Å²) in [4.78, 5) is 21.4. The number of benzene rings is 1. The van der Waals surface area contributed by atoms with Gasteiger partial charge in [-0.15, -0.1) is 0 Å². The molecule has 1 saturated heterocycles. The lowest BCUT2D eigenvalue weighted by atomic mass is 10.1. The molecule has 1 fully saturated rings. The smallest absolute Gasteiger partial charge is 0.251 e. The van der Waals surface area contributed by atoms with Crippen LogP contribution in [0.25, 0.3) is 0 Å². The summed E-state index contributed by atoms with van der Waals surface area (Å²) in [5, 5.41) is 2.94. The highest BCUT2D eigenvalue weighted by atomic mass is 16.1. The Labute approximate surface area is 156 Å². The van der Waals surface area contributed by atoms with Gasteiger partial charge in [-0.1, -0.05) is 12.1 Å². The van der Waals surface area contributed by atoms with Gasteiger partial charge in [-0.25, -0.2) is 4.98 Å². The number of carbonyl (C=O) groups excluding carboxylic acids is 1. The molecule has 0 spiro atoms. The number of aromatic nitrogens is 1. The van der Waals surface area contributed by atoms with Gasteiger partial charge in [0.1, 0.15) is 5.82 Å². The first-order chi connectivity index (χ1) is 12.5. The monoisotopic (exact) mass is 352 g/mol. The second-order valence-electron chi connectivity index (χ2n) is 7.22. The highest BCUT2D eigenvalue weighted by Gasteiger charge is 2.20. The topological polar surface area (TPSA) is 48.5 Å². The van der Waals surface area contributed by atoms with Crippen LogP contribution in [0.3, 0.4) is 0 Å². The maximum absolute atomic E-state index is 12.2. The first-order valence-corrected chi connectivity index (χ1v) is 9.28. The minimum absolute atomic E-state index is 0.0438. The van der Waals surface area contributed by atoms with Crippen molar-refractivity contribution in [3.8, 4) is 0 Å². The summed E-state index contributed by atoms with van der Waals surface area (Å²) < 4.78 is 0. The molecule has 1 aliphatic heterocycles. The molecule has 138 valence electrons. The van der Waals surface area contributed by atoms with Crippen LogP contribution in [0.5, 0.6) is 0 Å². The van der Waals surface area contributed by atoms with Crippen LogP contribution in [0.1, 0.15) is 35.3 Å². The van der Waals surface area contributed by atoms with Gasteiger partial charge in [-0.05, 0) is 57.0 Å². The molecular weight excluding hydrogens is 324 g/mol. The summed E-state index contributed by atoms with van der Waals surface area (Å²) in [6.07, 6.45) is 1.72. The van der Waals surface area contributed by atoms with Crippen molar-refractivity contribution in [3.05, 3.63) is 53.2 Å². The molecule has 1 N–H and O–H groups in total. The molecule has 1 aliphatic rings. The zero-order chi connectivity index (χ0) is 18.7. The Kier molecular flexibility index (Phi) is 5.45. The summed E-state index contributed by atoms with van der Waals surface area (Å²) in [5.41, 5.74) is 4.67. The van der Waals surface area contributed by atoms with E-state index in [9.17, 15) is 4.79 Å². The number of carbonyl (C=O) groups is 1. The van der Waals surface area contributed by atoms with Crippen molar-refractivity contribution in [2.24, 2.45) is 0 Å². The molecular formula is C21H28N4O. The SMILES string of the molecule is Cc1cccc(N2CCN(c3cc(C(=O)NC(C)C)ccn3)CC2)c1C. The summed E-state index contributed by atoms with van der Waals surface area (Å²) in [6.45, 7) is 12.0. The van der Waals surface area contributed by atoms with E-state index in [1.54, 1.807) is 12.3 Å². The van der Waals surface area contributed by atoms with Crippen LogP contribution >= 0.6 is 0 Å². The van der Waals surface area contributed by atoms with E-state index in [1.165, 1.54) is 16.8 Å². The van der Waals surface area contributed by atoms with Gasteiger partial charge < -0.3 is 15.1 Å². The Hall–Kier alpha value is -2.56. The Morgan fingerprint density at radius 1 is 1.08 bits per heavy atom. The summed E-state index contributed by atoms with van der Waals surface area (Å²) >= 11 is 0. The molecule has 1 amide bonds. The first-order valence-electron chi connectivity index (χ1n) is 9.28. The molecule has 0 bridgehead atoms. The van der Waals surface area contributed by atoms with Gasteiger partial charge in [0.15, 0.2) is 0 Å². The zero-order valence-electron chi connectivity index (χ0n) is 16.1. The maximum atomic E-state index is 12.2. The minimum atomic E-state index is -0.0438. The standard InChI is InChI=1S/C21H28N4O/c1-15(2)23-21(26)18-8-9-22-20(14-18)25-12-10-24(11-13-25)19-7-5-6-16(3)17(19)4/h5-9,14-15H,10-13H2,1-4H3,(H,23,26). The molecule has 3 rings (SSSR count). The van der Waals surface area contributed by atoms with E-state index in [2.05, 4.69) is 52.1 Å². The highest BCUT2D eigenvalue weighted by Crippen LogP contribution is 2.25. The van der Waals surface area contributed by atoms with E-state index in [4.69, 9.17) is 0 Å². The van der Waals surface area contributed by atoms with Crippen LogP contribution < -0.4 is 15.1 Å². The molecule has 5 nitrogen and oxygen atoms in total. The van der Waals surface area contributed by atoms with Gasteiger partial charge in [0.2, 0.25) is 0 Å². The van der Waals surface area contributed by atoms with Crippen LogP contribution in [0.2, 0.25) is 0 Å². The molecule has 26 heavy (non-hydrogen) atoms. The molecule has 0 atom stereocenters.